The van der Waals surface area contributed by atoms with E-state index in [1.165, 1.54) is 12.8 Å². The fourth-order valence-electron chi connectivity index (χ4n) is 1.37. The maximum atomic E-state index is 11.1. The van der Waals surface area contributed by atoms with Crippen LogP contribution < -0.4 is 0 Å². The molecule has 0 aromatic rings. The van der Waals surface area contributed by atoms with Crippen LogP contribution in [0.1, 0.15) is 65.7 Å². The molecule has 0 aliphatic rings. The van der Waals surface area contributed by atoms with Crippen LogP contribution >= 0.6 is 0 Å². The Hall–Kier alpha value is -0.770. The molecule has 0 saturated carbocycles. The first kappa shape index (κ1) is 16.2. The molecule has 4 nitrogen and oxygen atoms in total. The van der Waals surface area contributed by atoms with Gasteiger partial charge in [0.25, 0.3) is 0 Å². The summed E-state index contributed by atoms with van der Waals surface area (Å²) in [5, 5.41) is 0. The van der Waals surface area contributed by atoms with Crippen molar-refractivity contribution >= 4 is 6.16 Å². The van der Waals surface area contributed by atoms with Crippen molar-refractivity contribution in [3.8, 4) is 0 Å². The topological polar surface area (TPSA) is 44.8 Å². The number of carbonyl (C=O) groups excluding carboxylic acids is 1. The number of ether oxygens (including phenoxy) is 1. The number of rotatable bonds is 10. The van der Waals surface area contributed by atoms with Gasteiger partial charge in [0.15, 0.2) is 0 Å². The highest BCUT2D eigenvalue weighted by atomic mass is 17.2. The normalized spacial score (nSPS) is 12.2. The van der Waals surface area contributed by atoms with Gasteiger partial charge in [0, 0.05) is 0 Å². The number of hydrogen-bond acceptors (Lipinski definition) is 4. The molecule has 0 rings (SSSR count). The molecule has 102 valence electrons. The van der Waals surface area contributed by atoms with Crippen molar-refractivity contribution in [2.75, 3.05) is 6.61 Å². The van der Waals surface area contributed by atoms with E-state index in [2.05, 4.69) is 18.7 Å². The molecule has 0 N–H and O–H groups in total. The highest BCUT2D eigenvalue weighted by Crippen LogP contribution is 2.05. The zero-order chi connectivity index (χ0) is 12.9. The molecule has 0 spiro atoms. The molecule has 0 heterocycles. The Morgan fingerprint density at radius 3 is 2.41 bits per heavy atom. The Kier molecular flexibility index (Phi) is 11.2. The quantitative estimate of drug-likeness (QED) is 0.250. The second kappa shape index (κ2) is 11.7. The van der Waals surface area contributed by atoms with Gasteiger partial charge in [-0.3, -0.25) is 4.89 Å². The summed E-state index contributed by atoms with van der Waals surface area (Å²) in [6, 6.07) is 0. The Morgan fingerprint density at radius 1 is 1.06 bits per heavy atom. The van der Waals surface area contributed by atoms with Crippen molar-refractivity contribution in [2.24, 2.45) is 0 Å². The van der Waals surface area contributed by atoms with E-state index < -0.39 is 6.16 Å². The third kappa shape index (κ3) is 11.5. The van der Waals surface area contributed by atoms with Gasteiger partial charge in [0.2, 0.25) is 0 Å². The lowest BCUT2D eigenvalue weighted by Gasteiger charge is -2.10. The molecule has 0 aromatic heterocycles. The Balaban J connectivity index is 3.33. The fourth-order valence-corrected chi connectivity index (χ4v) is 1.37. The molecular formula is C13H26O4. The van der Waals surface area contributed by atoms with E-state index in [9.17, 15) is 4.79 Å². The van der Waals surface area contributed by atoms with Gasteiger partial charge >= 0.3 is 6.16 Å². The van der Waals surface area contributed by atoms with Crippen LogP contribution in [-0.2, 0) is 14.5 Å². The molecule has 0 aliphatic heterocycles. The largest absolute Gasteiger partial charge is 0.540 e. The van der Waals surface area contributed by atoms with Crippen molar-refractivity contribution in [1.82, 2.24) is 0 Å². The Labute approximate surface area is 105 Å². The molecule has 4 heteroatoms. The summed E-state index contributed by atoms with van der Waals surface area (Å²) in [7, 11) is 0. The van der Waals surface area contributed by atoms with Crippen LogP contribution in [0.4, 0.5) is 4.79 Å². The predicted octanol–water partition coefficient (Wildman–Crippen LogP) is 4.23. The summed E-state index contributed by atoms with van der Waals surface area (Å²) in [5.74, 6) is 0. The van der Waals surface area contributed by atoms with E-state index in [1.807, 2.05) is 6.92 Å². The lowest BCUT2D eigenvalue weighted by Crippen LogP contribution is -2.15. The summed E-state index contributed by atoms with van der Waals surface area (Å²) in [6.07, 6.45) is 6.57. The van der Waals surface area contributed by atoms with Crippen LogP contribution in [0.25, 0.3) is 0 Å². The van der Waals surface area contributed by atoms with Crippen molar-refractivity contribution < 1.29 is 19.3 Å². The van der Waals surface area contributed by atoms with Gasteiger partial charge in [-0.1, -0.05) is 46.0 Å². The van der Waals surface area contributed by atoms with Gasteiger partial charge in [-0.05, 0) is 19.8 Å². The van der Waals surface area contributed by atoms with Crippen LogP contribution in [0, 0.1) is 0 Å². The van der Waals surface area contributed by atoms with Crippen molar-refractivity contribution in [2.45, 2.75) is 71.8 Å². The summed E-state index contributed by atoms with van der Waals surface area (Å²) < 4.78 is 4.86. The standard InChI is InChI=1S/C13H26O4/c1-4-6-8-9-11-15-13(14)17-16-12(3)10-7-5-2/h12H,4-11H2,1-3H3. The van der Waals surface area contributed by atoms with Crippen LogP contribution in [0.15, 0.2) is 0 Å². The van der Waals surface area contributed by atoms with Crippen molar-refractivity contribution in [1.29, 1.82) is 0 Å². The van der Waals surface area contributed by atoms with E-state index in [0.717, 1.165) is 32.1 Å². The van der Waals surface area contributed by atoms with Crippen LogP contribution in [0.3, 0.4) is 0 Å². The molecule has 1 unspecified atom stereocenters. The zero-order valence-corrected chi connectivity index (χ0v) is 11.4. The van der Waals surface area contributed by atoms with Crippen LogP contribution in [0.5, 0.6) is 0 Å². The summed E-state index contributed by atoms with van der Waals surface area (Å²) >= 11 is 0. The molecule has 0 bridgehead atoms. The van der Waals surface area contributed by atoms with Crippen molar-refractivity contribution in [3.05, 3.63) is 0 Å². The predicted molar refractivity (Wildman–Crippen MR) is 66.6 cm³/mol. The summed E-state index contributed by atoms with van der Waals surface area (Å²) in [4.78, 5) is 20.5. The molecule has 0 radical (unpaired) electrons. The van der Waals surface area contributed by atoms with E-state index in [0.29, 0.717) is 6.61 Å². The molecule has 0 amide bonds. The molecule has 0 saturated heterocycles. The van der Waals surface area contributed by atoms with E-state index in [1.54, 1.807) is 0 Å². The first-order chi connectivity index (χ1) is 8.20. The van der Waals surface area contributed by atoms with Crippen LogP contribution in [-0.4, -0.2) is 18.9 Å². The third-order valence-corrected chi connectivity index (χ3v) is 2.46. The highest BCUT2D eigenvalue weighted by molar-refractivity contribution is 5.58. The SMILES string of the molecule is CCCCCCOC(=O)OOC(C)CCCC. The lowest BCUT2D eigenvalue weighted by atomic mass is 10.2. The average molecular weight is 246 g/mol. The first-order valence-electron chi connectivity index (χ1n) is 6.70. The first-order valence-corrected chi connectivity index (χ1v) is 6.70. The molecule has 0 fully saturated rings. The second-order valence-electron chi connectivity index (χ2n) is 4.29. The maximum Gasteiger partial charge on any atom is 0.540 e. The minimum absolute atomic E-state index is 0.0670. The van der Waals surface area contributed by atoms with E-state index in [-0.39, 0.29) is 6.10 Å². The van der Waals surface area contributed by atoms with Crippen LogP contribution in [0.2, 0.25) is 0 Å². The van der Waals surface area contributed by atoms with Gasteiger partial charge in [-0.2, -0.15) is 4.89 Å². The smallest absolute Gasteiger partial charge is 0.432 e. The number of carbonyl (C=O) groups is 1. The van der Waals surface area contributed by atoms with Gasteiger partial charge in [0.1, 0.15) is 6.10 Å². The Bertz CT molecular complexity index is 182. The average Bonchev–Trinajstić information content (AvgIpc) is 2.33. The maximum absolute atomic E-state index is 11.1. The molecular weight excluding hydrogens is 220 g/mol. The highest BCUT2D eigenvalue weighted by Gasteiger charge is 2.09. The van der Waals surface area contributed by atoms with Gasteiger partial charge in [-0.15, -0.1) is 0 Å². The number of unbranched alkanes of at least 4 members (excludes halogenated alkanes) is 4. The molecule has 1 atom stereocenters. The third-order valence-electron chi connectivity index (χ3n) is 2.46. The Morgan fingerprint density at radius 2 is 1.76 bits per heavy atom. The molecule has 0 aliphatic carbocycles. The van der Waals surface area contributed by atoms with Gasteiger partial charge < -0.3 is 4.74 Å². The monoisotopic (exact) mass is 246 g/mol. The summed E-state index contributed by atoms with van der Waals surface area (Å²) in [5.41, 5.74) is 0. The minimum Gasteiger partial charge on any atom is -0.432 e. The fraction of sp³-hybridized carbons (Fsp3) is 0.923. The minimum atomic E-state index is -0.732. The van der Waals surface area contributed by atoms with E-state index >= 15 is 0 Å². The summed E-state index contributed by atoms with van der Waals surface area (Å²) in [6.45, 7) is 6.54. The van der Waals surface area contributed by atoms with Gasteiger partial charge in [0.05, 0.1) is 6.61 Å². The van der Waals surface area contributed by atoms with Crippen molar-refractivity contribution in [3.63, 3.8) is 0 Å². The lowest BCUT2D eigenvalue weighted by molar-refractivity contribution is -0.283. The second-order valence-corrected chi connectivity index (χ2v) is 4.29. The van der Waals surface area contributed by atoms with Gasteiger partial charge in [-0.25, -0.2) is 4.79 Å². The van der Waals surface area contributed by atoms with E-state index in [4.69, 9.17) is 9.62 Å². The molecule has 0 aromatic carbocycles. The zero-order valence-electron chi connectivity index (χ0n) is 11.4. The molecule has 17 heavy (non-hydrogen) atoms. The number of hydrogen-bond donors (Lipinski definition) is 0.